The summed E-state index contributed by atoms with van der Waals surface area (Å²) in [4.78, 5) is 13.1. The van der Waals surface area contributed by atoms with Crippen LogP contribution in [-0.2, 0) is 10.0 Å². The number of nitrogens with zero attached hydrogens (tertiary/aromatic N) is 3. The first-order valence-corrected chi connectivity index (χ1v) is 12.4. The molecule has 8 heteroatoms. The van der Waals surface area contributed by atoms with Gasteiger partial charge in [-0.25, -0.2) is 13.1 Å². The maximum Gasteiger partial charge on any atom is 0.256 e. The van der Waals surface area contributed by atoms with E-state index in [2.05, 4.69) is 10.4 Å². The number of amides is 1. The van der Waals surface area contributed by atoms with Crippen molar-refractivity contribution in [3.63, 3.8) is 0 Å². The van der Waals surface area contributed by atoms with Gasteiger partial charge in [0.25, 0.3) is 5.91 Å². The minimum absolute atomic E-state index is 0.0400. The maximum atomic E-state index is 13.1. The van der Waals surface area contributed by atoms with Gasteiger partial charge in [0.05, 0.1) is 16.3 Å². The lowest BCUT2D eigenvalue weighted by atomic mass is 10.0. The van der Waals surface area contributed by atoms with E-state index in [1.807, 2.05) is 44.2 Å². The Morgan fingerprint density at radius 1 is 1.09 bits per heavy atom. The summed E-state index contributed by atoms with van der Waals surface area (Å²) in [6.07, 6.45) is 3.63. The summed E-state index contributed by atoms with van der Waals surface area (Å²) in [7, 11) is -3.58. The molecule has 0 saturated carbocycles. The molecule has 2 heterocycles. The second kappa shape index (κ2) is 9.26. The molecule has 1 fully saturated rings. The molecule has 2 aromatic carbocycles. The first kappa shape index (κ1) is 22.2. The minimum atomic E-state index is -3.58. The van der Waals surface area contributed by atoms with Crippen LogP contribution in [0.3, 0.4) is 0 Å². The Bertz CT molecular complexity index is 1190. The van der Waals surface area contributed by atoms with Crippen LogP contribution in [0.1, 0.15) is 48.7 Å². The number of para-hydroxylation sites is 1. The van der Waals surface area contributed by atoms with Crippen molar-refractivity contribution >= 4 is 21.7 Å². The van der Waals surface area contributed by atoms with Crippen LogP contribution in [0.5, 0.6) is 0 Å². The van der Waals surface area contributed by atoms with Crippen molar-refractivity contribution < 1.29 is 13.2 Å². The fourth-order valence-electron chi connectivity index (χ4n) is 4.16. The van der Waals surface area contributed by atoms with Gasteiger partial charge in [0.2, 0.25) is 10.0 Å². The molecule has 0 spiro atoms. The molecular formula is C24H28N4O3S. The molecule has 1 atom stereocenters. The van der Waals surface area contributed by atoms with E-state index in [9.17, 15) is 13.2 Å². The highest BCUT2D eigenvalue weighted by molar-refractivity contribution is 7.89. The molecule has 1 aromatic heterocycles. The first-order chi connectivity index (χ1) is 15.4. The van der Waals surface area contributed by atoms with Gasteiger partial charge >= 0.3 is 0 Å². The molecule has 32 heavy (non-hydrogen) atoms. The van der Waals surface area contributed by atoms with E-state index in [1.54, 1.807) is 27.2 Å². The number of carbonyl (C=O) groups is 1. The van der Waals surface area contributed by atoms with Gasteiger partial charge < -0.3 is 5.32 Å². The normalized spacial score (nSPS) is 17.2. The molecule has 1 aliphatic heterocycles. The number of sulfonamides is 1. The highest BCUT2D eigenvalue weighted by Crippen LogP contribution is 2.27. The molecule has 1 amide bonds. The van der Waals surface area contributed by atoms with Crippen molar-refractivity contribution in [3.8, 4) is 5.69 Å². The second-order valence-electron chi connectivity index (χ2n) is 8.07. The second-order valence-corrected chi connectivity index (χ2v) is 9.96. The molecule has 0 radical (unpaired) electrons. The quantitative estimate of drug-likeness (QED) is 0.601. The predicted molar refractivity (Wildman–Crippen MR) is 125 cm³/mol. The van der Waals surface area contributed by atoms with E-state index in [4.69, 9.17) is 0 Å². The van der Waals surface area contributed by atoms with Gasteiger partial charge in [0.15, 0.2) is 0 Å². The molecular weight excluding hydrogens is 424 g/mol. The number of aryl methyl sites for hydroxylation is 1. The Labute approximate surface area is 189 Å². The highest BCUT2D eigenvalue weighted by atomic mass is 32.2. The van der Waals surface area contributed by atoms with Crippen LogP contribution >= 0.6 is 0 Å². The molecule has 1 saturated heterocycles. The monoisotopic (exact) mass is 452 g/mol. The summed E-state index contributed by atoms with van der Waals surface area (Å²) >= 11 is 0. The third-order valence-corrected chi connectivity index (χ3v) is 7.81. The van der Waals surface area contributed by atoms with Crippen molar-refractivity contribution in [2.45, 2.75) is 50.5 Å². The minimum Gasteiger partial charge on any atom is -0.306 e. The summed E-state index contributed by atoms with van der Waals surface area (Å²) in [6.45, 7) is 4.43. The Balaban J connectivity index is 1.54. The molecule has 1 unspecified atom stereocenters. The lowest BCUT2D eigenvalue weighted by Crippen LogP contribution is -2.43. The summed E-state index contributed by atoms with van der Waals surface area (Å²) in [5, 5.41) is 7.34. The summed E-state index contributed by atoms with van der Waals surface area (Å²) in [5.41, 5.74) is 2.00. The number of aromatic nitrogens is 2. The third-order valence-electron chi connectivity index (χ3n) is 5.84. The van der Waals surface area contributed by atoms with Gasteiger partial charge in [-0.15, -0.1) is 0 Å². The van der Waals surface area contributed by atoms with Crippen molar-refractivity contribution in [1.29, 1.82) is 0 Å². The first-order valence-electron chi connectivity index (χ1n) is 11.0. The number of rotatable bonds is 6. The van der Waals surface area contributed by atoms with Gasteiger partial charge in [-0.05, 0) is 62.6 Å². The van der Waals surface area contributed by atoms with E-state index >= 15 is 0 Å². The maximum absolute atomic E-state index is 13.1. The Morgan fingerprint density at radius 2 is 1.81 bits per heavy atom. The van der Waals surface area contributed by atoms with Crippen molar-refractivity contribution in [1.82, 2.24) is 14.1 Å². The molecule has 168 valence electrons. The van der Waals surface area contributed by atoms with Crippen molar-refractivity contribution in [2.24, 2.45) is 0 Å². The third kappa shape index (κ3) is 4.47. The van der Waals surface area contributed by atoms with E-state index in [0.29, 0.717) is 17.9 Å². The molecule has 1 aliphatic rings. The number of hydrogen-bond donors (Lipinski definition) is 1. The average molecular weight is 453 g/mol. The number of hydrogen-bond acceptors (Lipinski definition) is 4. The molecule has 7 nitrogen and oxygen atoms in total. The zero-order valence-electron chi connectivity index (χ0n) is 18.4. The fourth-order valence-corrected chi connectivity index (χ4v) is 5.92. The van der Waals surface area contributed by atoms with Crippen LogP contribution in [-0.4, -0.2) is 41.0 Å². The number of piperidine rings is 1. The van der Waals surface area contributed by atoms with Gasteiger partial charge in [-0.3, -0.25) is 4.79 Å². The smallest absolute Gasteiger partial charge is 0.256 e. The topological polar surface area (TPSA) is 84.3 Å². The molecule has 1 N–H and O–H groups in total. The zero-order chi connectivity index (χ0) is 22.7. The number of nitrogens with one attached hydrogen (secondary N) is 1. The molecule has 4 rings (SSSR count). The van der Waals surface area contributed by atoms with Gasteiger partial charge in [0.1, 0.15) is 5.82 Å². The molecule has 0 aliphatic carbocycles. The SMILES string of the molecule is CCC1CCCCN1S(=O)(=O)c1ccc(C(=O)Nc2cc(C)nn2-c2ccccc2)cc1. The standard InChI is InChI=1S/C24H28N4O3S/c1-3-20-9-7-8-16-27(20)32(30,31)22-14-12-19(13-15-22)24(29)25-23-17-18(2)26-28(23)21-10-5-4-6-11-21/h4-6,10-15,17,20H,3,7-9,16H2,1-2H3,(H,25,29). The Morgan fingerprint density at radius 3 is 2.50 bits per heavy atom. The summed E-state index contributed by atoms with van der Waals surface area (Å²) in [5.74, 6) is 0.227. The average Bonchev–Trinajstić information content (AvgIpc) is 3.19. The summed E-state index contributed by atoms with van der Waals surface area (Å²) < 4.78 is 29.6. The van der Waals surface area contributed by atoms with Crippen LogP contribution in [0, 0.1) is 6.92 Å². The van der Waals surface area contributed by atoms with Gasteiger partial charge in [-0.1, -0.05) is 31.5 Å². The van der Waals surface area contributed by atoms with Crippen molar-refractivity contribution in [3.05, 3.63) is 71.9 Å². The van der Waals surface area contributed by atoms with E-state index in [1.165, 1.54) is 12.1 Å². The van der Waals surface area contributed by atoms with Crippen LogP contribution in [0.4, 0.5) is 5.82 Å². The van der Waals surface area contributed by atoms with Crippen molar-refractivity contribution in [2.75, 3.05) is 11.9 Å². The number of anilines is 1. The van der Waals surface area contributed by atoms with Crippen LogP contribution < -0.4 is 5.32 Å². The molecule has 0 bridgehead atoms. The lowest BCUT2D eigenvalue weighted by molar-refractivity contribution is 0.102. The van der Waals surface area contributed by atoms with E-state index in [0.717, 1.165) is 37.1 Å². The lowest BCUT2D eigenvalue weighted by Gasteiger charge is -2.34. The largest absolute Gasteiger partial charge is 0.306 e. The Kier molecular flexibility index (Phi) is 6.43. The van der Waals surface area contributed by atoms with Gasteiger partial charge in [0, 0.05) is 24.2 Å². The van der Waals surface area contributed by atoms with Crippen LogP contribution in [0.15, 0.2) is 65.6 Å². The fraction of sp³-hybridized carbons (Fsp3) is 0.333. The Hall–Kier alpha value is -2.97. The van der Waals surface area contributed by atoms with E-state index in [-0.39, 0.29) is 16.8 Å². The zero-order valence-corrected chi connectivity index (χ0v) is 19.2. The van der Waals surface area contributed by atoms with Gasteiger partial charge in [-0.2, -0.15) is 9.40 Å². The number of carbonyl (C=O) groups excluding carboxylic acids is 1. The molecule has 3 aromatic rings. The van der Waals surface area contributed by atoms with Crippen LogP contribution in [0.2, 0.25) is 0 Å². The number of benzene rings is 2. The van der Waals surface area contributed by atoms with E-state index < -0.39 is 10.0 Å². The predicted octanol–water partition coefficient (Wildman–Crippen LogP) is 4.39. The highest BCUT2D eigenvalue weighted by Gasteiger charge is 2.32. The van der Waals surface area contributed by atoms with Crippen LogP contribution in [0.25, 0.3) is 5.69 Å². The summed E-state index contributed by atoms with van der Waals surface area (Å²) in [6, 6.07) is 17.5.